The number of para-hydroxylation sites is 1. The molecule has 26 heavy (non-hydrogen) atoms. The van der Waals surface area contributed by atoms with Crippen molar-refractivity contribution in [2.75, 3.05) is 18.4 Å². The van der Waals surface area contributed by atoms with Crippen LogP contribution in [0.1, 0.15) is 35.6 Å². The monoisotopic (exact) mass is 355 g/mol. The molecule has 0 atom stereocenters. The molecule has 7 nitrogen and oxygen atoms in total. The smallest absolute Gasteiger partial charge is 0.317 e. The Morgan fingerprint density at radius 1 is 1.23 bits per heavy atom. The quantitative estimate of drug-likeness (QED) is 0.884. The molecule has 0 saturated carbocycles. The average Bonchev–Trinajstić information content (AvgIpc) is 2.97. The fourth-order valence-electron chi connectivity index (χ4n) is 3.06. The molecule has 2 N–H and O–H groups in total. The van der Waals surface area contributed by atoms with E-state index >= 15 is 0 Å². The van der Waals surface area contributed by atoms with Gasteiger partial charge in [-0.25, -0.2) is 4.79 Å². The fraction of sp³-hybridized carbons (Fsp3) is 0.421. The molecule has 0 fully saturated rings. The van der Waals surface area contributed by atoms with Crippen LogP contribution in [0.4, 0.5) is 10.5 Å². The molecule has 0 aliphatic carbocycles. The van der Waals surface area contributed by atoms with E-state index in [2.05, 4.69) is 29.6 Å². The summed E-state index contributed by atoms with van der Waals surface area (Å²) >= 11 is 0. The van der Waals surface area contributed by atoms with E-state index in [0.29, 0.717) is 37.7 Å². The Labute approximate surface area is 153 Å². The summed E-state index contributed by atoms with van der Waals surface area (Å²) in [5, 5.41) is 10.2. The van der Waals surface area contributed by atoms with Crippen molar-refractivity contribution in [3.8, 4) is 0 Å². The molecule has 0 saturated heterocycles. The molecule has 3 rings (SSSR count). The number of rotatable bonds is 4. The van der Waals surface area contributed by atoms with Gasteiger partial charge in [0, 0.05) is 43.5 Å². The van der Waals surface area contributed by atoms with Crippen LogP contribution in [0.3, 0.4) is 0 Å². The number of aromatic nitrogens is 2. The minimum atomic E-state index is -0.252. The molecule has 7 heteroatoms. The van der Waals surface area contributed by atoms with E-state index in [0.717, 1.165) is 16.9 Å². The topological polar surface area (TPSA) is 79.3 Å². The van der Waals surface area contributed by atoms with Crippen LogP contribution in [0.2, 0.25) is 0 Å². The minimum absolute atomic E-state index is 0.0948. The zero-order valence-corrected chi connectivity index (χ0v) is 15.5. The lowest BCUT2D eigenvalue weighted by Crippen LogP contribution is -2.44. The molecule has 1 aliphatic rings. The van der Waals surface area contributed by atoms with Gasteiger partial charge >= 0.3 is 6.03 Å². The Hall–Kier alpha value is -2.83. The van der Waals surface area contributed by atoms with Crippen LogP contribution in [0.5, 0.6) is 0 Å². The van der Waals surface area contributed by atoms with E-state index in [9.17, 15) is 9.59 Å². The van der Waals surface area contributed by atoms with Gasteiger partial charge in [0.05, 0.1) is 6.54 Å². The van der Waals surface area contributed by atoms with Gasteiger partial charge in [-0.15, -0.1) is 0 Å². The molecule has 0 unspecified atom stereocenters. The second-order valence-corrected chi connectivity index (χ2v) is 6.97. The molecular weight excluding hydrogens is 330 g/mol. The van der Waals surface area contributed by atoms with Crippen molar-refractivity contribution < 1.29 is 9.59 Å². The summed E-state index contributed by atoms with van der Waals surface area (Å²) in [5.74, 6) is 0.141. The molecular formula is C19H25N5O2. The van der Waals surface area contributed by atoms with E-state index in [4.69, 9.17) is 0 Å². The van der Waals surface area contributed by atoms with Gasteiger partial charge in [-0.1, -0.05) is 32.0 Å². The summed E-state index contributed by atoms with van der Waals surface area (Å²) in [6, 6.07) is 9.20. The zero-order chi connectivity index (χ0) is 18.7. The maximum absolute atomic E-state index is 12.7. The Kier molecular flexibility index (Phi) is 5.25. The molecule has 1 aliphatic heterocycles. The SMILES string of the molecule is CC(C)CNC(=O)N1CCc2c(c(C(=O)Nc3ccccc3)nn2C)C1. The van der Waals surface area contributed by atoms with Gasteiger partial charge in [-0.2, -0.15) is 5.10 Å². The van der Waals surface area contributed by atoms with Crippen LogP contribution in [0.25, 0.3) is 0 Å². The normalized spacial score (nSPS) is 13.5. The summed E-state index contributed by atoms with van der Waals surface area (Å²) in [5.41, 5.74) is 2.94. The first kappa shape index (κ1) is 18.0. The maximum atomic E-state index is 12.7. The van der Waals surface area contributed by atoms with Crippen molar-refractivity contribution >= 4 is 17.6 Å². The predicted molar refractivity (Wildman–Crippen MR) is 100.0 cm³/mol. The van der Waals surface area contributed by atoms with Crippen molar-refractivity contribution in [2.45, 2.75) is 26.8 Å². The van der Waals surface area contributed by atoms with Crippen molar-refractivity contribution in [1.82, 2.24) is 20.0 Å². The number of hydrogen-bond acceptors (Lipinski definition) is 3. The van der Waals surface area contributed by atoms with Crippen LogP contribution in [-0.2, 0) is 20.0 Å². The number of nitrogens with one attached hydrogen (secondary N) is 2. The number of fused-ring (bicyclic) bond motifs is 1. The summed E-state index contributed by atoms with van der Waals surface area (Å²) in [4.78, 5) is 26.8. The average molecular weight is 355 g/mol. The van der Waals surface area contributed by atoms with Gasteiger partial charge in [0.25, 0.3) is 5.91 Å². The Morgan fingerprint density at radius 3 is 2.65 bits per heavy atom. The summed E-state index contributed by atoms with van der Waals surface area (Å²) in [6.45, 7) is 5.76. The number of nitrogens with zero attached hydrogens (tertiary/aromatic N) is 3. The third-order valence-electron chi connectivity index (χ3n) is 4.44. The van der Waals surface area contributed by atoms with Crippen molar-refractivity contribution in [3.05, 3.63) is 47.3 Å². The van der Waals surface area contributed by atoms with Crippen molar-refractivity contribution in [1.29, 1.82) is 0 Å². The van der Waals surface area contributed by atoms with E-state index in [1.807, 2.05) is 37.4 Å². The summed E-state index contributed by atoms with van der Waals surface area (Å²) in [7, 11) is 1.84. The van der Waals surface area contributed by atoms with Crippen LogP contribution < -0.4 is 10.6 Å². The molecule has 3 amide bonds. The number of urea groups is 1. The van der Waals surface area contributed by atoms with E-state index in [1.54, 1.807) is 9.58 Å². The Bertz CT molecular complexity index is 798. The lowest BCUT2D eigenvalue weighted by molar-refractivity contribution is 0.101. The number of hydrogen-bond donors (Lipinski definition) is 2. The second-order valence-electron chi connectivity index (χ2n) is 6.97. The summed E-state index contributed by atoms with van der Waals surface area (Å²) < 4.78 is 1.75. The molecule has 0 spiro atoms. The highest BCUT2D eigenvalue weighted by atomic mass is 16.2. The van der Waals surface area contributed by atoms with Gasteiger partial charge in [-0.05, 0) is 18.1 Å². The number of anilines is 1. The van der Waals surface area contributed by atoms with Crippen LogP contribution in [0.15, 0.2) is 30.3 Å². The Morgan fingerprint density at radius 2 is 1.96 bits per heavy atom. The van der Waals surface area contributed by atoms with Gasteiger partial charge in [-0.3, -0.25) is 9.48 Å². The predicted octanol–water partition coefficient (Wildman–Crippen LogP) is 2.40. The first-order chi connectivity index (χ1) is 12.5. The van der Waals surface area contributed by atoms with E-state index < -0.39 is 0 Å². The number of aryl methyl sites for hydroxylation is 1. The maximum Gasteiger partial charge on any atom is 0.317 e. The van der Waals surface area contributed by atoms with Crippen molar-refractivity contribution in [2.24, 2.45) is 13.0 Å². The highest BCUT2D eigenvalue weighted by Crippen LogP contribution is 2.23. The molecule has 1 aromatic carbocycles. The van der Waals surface area contributed by atoms with E-state index in [-0.39, 0.29) is 11.9 Å². The van der Waals surface area contributed by atoms with Crippen LogP contribution in [-0.4, -0.2) is 39.7 Å². The molecule has 0 radical (unpaired) electrons. The lowest BCUT2D eigenvalue weighted by atomic mass is 10.0. The highest BCUT2D eigenvalue weighted by Gasteiger charge is 2.29. The minimum Gasteiger partial charge on any atom is -0.338 e. The van der Waals surface area contributed by atoms with Gasteiger partial charge in [0.15, 0.2) is 5.69 Å². The third-order valence-corrected chi connectivity index (χ3v) is 4.44. The van der Waals surface area contributed by atoms with Crippen LogP contribution in [0, 0.1) is 5.92 Å². The number of carbonyl (C=O) groups excluding carboxylic acids is 2. The van der Waals surface area contributed by atoms with Gasteiger partial charge in [0.1, 0.15) is 0 Å². The van der Waals surface area contributed by atoms with Gasteiger partial charge < -0.3 is 15.5 Å². The van der Waals surface area contributed by atoms with E-state index in [1.165, 1.54) is 0 Å². The molecule has 138 valence electrons. The lowest BCUT2D eigenvalue weighted by Gasteiger charge is -2.28. The first-order valence-electron chi connectivity index (χ1n) is 8.89. The molecule has 1 aromatic heterocycles. The third kappa shape index (κ3) is 3.87. The molecule has 0 bridgehead atoms. The van der Waals surface area contributed by atoms with Gasteiger partial charge in [0.2, 0.25) is 0 Å². The van der Waals surface area contributed by atoms with Crippen molar-refractivity contribution in [3.63, 3.8) is 0 Å². The Balaban J connectivity index is 1.76. The zero-order valence-electron chi connectivity index (χ0n) is 15.5. The number of benzene rings is 1. The highest BCUT2D eigenvalue weighted by molar-refractivity contribution is 6.04. The second kappa shape index (κ2) is 7.59. The molecule has 2 heterocycles. The fourth-order valence-corrected chi connectivity index (χ4v) is 3.06. The standard InChI is InChI=1S/C19H25N5O2/c1-13(2)11-20-19(26)24-10-9-16-15(12-24)17(22-23(16)3)18(25)21-14-7-5-4-6-8-14/h4-8,13H,9-12H2,1-3H3,(H,20,26)(H,21,25). The molecule has 2 aromatic rings. The largest absolute Gasteiger partial charge is 0.338 e. The summed E-state index contributed by atoms with van der Waals surface area (Å²) in [6.07, 6.45) is 0.687. The van der Waals surface area contributed by atoms with Crippen LogP contribution >= 0.6 is 0 Å². The number of carbonyl (C=O) groups is 2. The number of amides is 3. The first-order valence-corrected chi connectivity index (χ1v) is 8.89.